The van der Waals surface area contributed by atoms with Crippen LogP contribution in [0, 0.1) is 0 Å². The summed E-state index contributed by atoms with van der Waals surface area (Å²) >= 11 is 0. The second kappa shape index (κ2) is 8.49. The third-order valence-corrected chi connectivity index (χ3v) is 6.15. The Hall–Kier alpha value is -4.02. The average molecular weight is 434 g/mol. The van der Waals surface area contributed by atoms with E-state index in [-0.39, 0.29) is 12.2 Å². The van der Waals surface area contributed by atoms with Gasteiger partial charge in [0, 0.05) is 11.1 Å². The van der Waals surface area contributed by atoms with Gasteiger partial charge in [0.05, 0.1) is 18.7 Å². The quantitative estimate of drug-likeness (QED) is 0.417. The molecule has 0 radical (unpaired) electrons. The van der Waals surface area contributed by atoms with Gasteiger partial charge in [-0.05, 0) is 22.8 Å². The Labute approximate surface area is 192 Å². The summed E-state index contributed by atoms with van der Waals surface area (Å²) in [6, 6.07) is 34.0. The average Bonchev–Trinajstić information content (AvgIpc) is 3.07. The number of Topliss-reactive ketones (excluding diaryl/α,β-unsaturated/α-hetero) is 1. The number of nitrogens with zero attached hydrogens (tertiary/aromatic N) is 1. The van der Waals surface area contributed by atoms with Crippen molar-refractivity contribution >= 4 is 17.4 Å². The van der Waals surface area contributed by atoms with Crippen LogP contribution in [0.3, 0.4) is 0 Å². The van der Waals surface area contributed by atoms with E-state index in [9.17, 15) is 14.7 Å². The van der Waals surface area contributed by atoms with Gasteiger partial charge in [0.2, 0.25) is 0 Å². The molecule has 4 aromatic rings. The summed E-state index contributed by atoms with van der Waals surface area (Å²) in [5.41, 5.74) is 2.71. The maximum absolute atomic E-state index is 13.4. The van der Waals surface area contributed by atoms with Crippen LogP contribution in [0.1, 0.15) is 27.9 Å². The van der Waals surface area contributed by atoms with E-state index in [1.54, 1.807) is 29.2 Å². The van der Waals surface area contributed by atoms with Gasteiger partial charge in [-0.2, -0.15) is 0 Å². The highest BCUT2D eigenvalue weighted by Crippen LogP contribution is 2.43. The first-order valence-corrected chi connectivity index (χ1v) is 10.9. The van der Waals surface area contributed by atoms with Crippen LogP contribution in [0.25, 0.3) is 11.1 Å². The Balaban J connectivity index is 1.41. The van der Waals surface area contributed by atoms with Gasteiger partial charge in [-0.15, -0.1) is 0 Å². The molecule has 1 aliphatic rings. The molecule has 4 nitrogen and oxygen atoms in total. The lowest BCUT2D eigenvalue weighted by Gasteiger charge is -2.23. The molecule has 1 aliphatic heterocycles. The number of benzene rings is 4. The fourth-order valence-electron chi connectivity index (χ4n) is 4.41. The van der Waals surface area contributed by atoms with Gasteiger partial charge in [0.25, 0.3) is 5.91 Å². The third-order valence-electron chi connectivity index (χ3n) is 6.15. The number of carbonyl (C=O) groups excluding carboxylic acids is 2. The number of carbonyl (C=O) groups is 2. The minimum absolute atomic E-state index is 0.276. The smallest absolute Gasteiger partial charge is 0.264 e. The number of anilines is 1. The van der Waals surface area contributed by atoms with Gasteiger partial charge < -0.3 is 10.0 Å². The molecular formula is C29H23NO3. The molecule has 162 valence electrons. The van der Waals surface area contributed by atoms with E-state index in [0.717, 1.165) is 16.7 Å². The number of hydrogen-bond donors (Lipinski definition) is 1. The number of fused-ring (bicyclic) bond motifs is 1. The van der Waals surface area contributed by atoms with Crippen molar-refractivity contribution in [3.8, 4) is 11.1 Å². The van der Waals surface area contributed by atoms with Crippen LogP contribution >= 0.6 is 0 Å². The predicted molar refractivity (Wildman–Crippen MR) is 129 cm³/mol. The molecule has 1 amide bonds. The van der Waals surface area contributed by atoms with Crippen molar-refractivity contribution in [2.75, 3.05) is 4.90 Å². The van der Waals surface area contributed by atoms with Crippen molar-refractivity contribution in [2.24, 2.45) is 0 Å². The molecule has 1 atom stereocenters. The lowest BCUT2D eigenvalue weighted by atomic mass is 9.88. The van der Waals surface area contributed by atoms with Gasteiger partial charge in [0.15, 0.2) is 11.4 Å². The first-order valence-electron chi connectivity index (χ1n) is 10.9. The molecule has 0 aliphatic carbocycles. The topological polar surface area (TPSA) is 57.6 Å². The van der Waals surface area contributed by atoms with Gasteiger partial charge in [-0.25, -0.2) is 0 Å². The van der Waals surface area contributed by atoms with Crippen molar-refractivity contribution in [1.29, 1.82) is 0 Å². The summed E-state index contributed by atoms with van der Waals surface area (Å²) in [5, 5.41) is 11.5. The molecule has 4 aromatic carbocycles. The molecule has 5 rings (SSSR count). The SMILES string of the molecule is O=C(C[C@]1(O)C(=O)N(Cc2ccccc2)c2ccccc21)c1ccc(-c2ccccc2)cc1. The summed E-state index contributed by atoms with van der Waals surface area (Å²) in [6.07, 6.45) is -0.307. The highest BCUT2D eigenvalue weighted by molar-refractivity contribution is 6.10. The highest BCUT2D eigenvalue weighted by Gasteiger charge is 2.50. The monoisotopic (exact) mass is 433 g/mol. The molecule has 0 fully saturated rings. The molecule has 4 heteroatoms. The van der Waals surface area contributed by atoms with Gasteiger partial charge in [-0.3, -0.25) is 9.59 Å². The molecule has 33 heavy (non-hydrogen) atoms. The van der Waals surface area contributed by atoms with Gasteiger partial charge in [0.1, 0.15) is 0 Å². The fourth-order valence-corrected chi connectivity index (χ4v) is 4.41. The van der Waals surface area contributed by atoms with Crippen LogP contribution in [0.15, 0.2) is 109 Å². The molecule has 1 heterocycles. The summed E-state index contributed by atoms with van der Waals surface area (Å²) in [4.78, 5) is 28.1. The van der Waals surface area contributed by atoms with Crippen molar-refractivity contribution in [3.63, 3.8) is 0 Å². The Morgan fingerprint density at radius 2 is 1.30 bits per heavy atom. The molecule has 0 bridgehead atoms. The first kappa shape index (κ1) is 20.9. The molecule has 0 saturated heterocycles. The van der Waals surface area contributed by atoms with E-state index >= 15 is 0 Å². The zero-order valence-corrected chi connectivity index (χ0v) is 18.0. The summed E-state index contributed by atoms with van der Waals surface area (Å²) in [7, 11) is 0. The molecule has 0 unspecified atom stereocenters. The van der Waals surface area contributed by atoms with E-state index in [2.05, 4.69) is 0 Å². The number of hydrogen-bond acceptors (Lipinski definition) is 3. The van der Waals surface area contributed by atoms with E-state index in [4.69, 9.17) is 0 Å². The van der Waals surface area contributed by atoms with Crippen molar-refractivity contribution < 1.29 is 14.7 Å². The predicted octanol–water partition coefficient (Wildman–Crippen LogP) is 5.36. The fraction of sp³-hybridized carbons (Fsp3) is 0.103. The number of para-hydroxylation sites is 1. The second-order valence-corrected chi connectivity index (χ2v) is 8.30. The number of amides is 1. The Morgan fingerprint density at radius 3 is 2.00 bits per heavy atom. The molecular weight excluding hydrogens is 410 g/mol. The number of rotatable bonds is 6. The van der Waals surface area contributed by atoms with Crippen LogP contribution in [0.4, 0.5) is 5.69 Å². The summed E-state index contributed by atoms with van der Waals surface area (Å²) in [5.74, 6) is -0.747. The number of ketones is 1. The standard InChI is InChI=1S/C29H23NO3/c31-27(24-17-15-23(16-18-24)22-11-5-2-6-12-22)19-29(33)25-13-7-8-14-26(25)30(28(29)32)20-21-9-3-1-4-10-21/h1-18,33H,19-20H2/t29-/m1/s1. The van der Waals surface area contributed by atoms with Crippen LogP contribution < -0.4 is 4.90 Å². The Morgan fingerprint density at radius 1 is 0.727 bits per heavy atom. The molecule has 1 N–H and O–H groups in total. The summed E-state index contributed by atoms with van der Waals surface area (Å²) < 4.78 is 0. The first-order chi connectivity index (χ1) is 16.1. The van der Waals surface area contributed by atoms with Crippen LogP contribution in [-0.4, -0.2) is 16.8 Å². The second-order valence-electron chi connectivity index (χ2n) is 8.30. The highest BCUT2D eigenvalue weighted by atomic mass is 16.3. The van der Waals surface area contributed by atoms with E-state index < -0.39 is 11.5 Å². The molecule has 0 spiro atoms. The van der Waals surface area contributed by atoms with E-state index in [1.807, 2.05) is 84.9 Å². The van der Waals surface area contributed by atoms with Crippen LogP contribution in [0.5, 0.6) is 0 Å². The lowest BCUT2D eigenvalue weighted by Crippen LogP contribution is -2.41. The van der Waals surface area contributed by atoms with Gasteiger partial charge >= 0.3 is 0 Å². The number of aliphatic hydroxyl groups is 1. The van der Waals surface area contributed by atoms with Gasteiger partial charge in [-0.1, -0.05) is 103 Å². The minimum Gasteiger partial charge on any atom is -0.375 e. The summed E-state index contributed by atoms with van der Waals surface area (Å²) in [6.45, 7) is 0.332. The normalized spacial score (nSPS) is 17.1. The van der Waals surface area contributed by atoms with Crippen LogP contribution in [-0.2, 0) is 16.9 Å². The minimum atomic E-state index is -1.89. The van der Waals surface area contributed by atoms with E-state index in [1.165, 1.54) is 0 Å². The zero-order chi connectivity index (χ0) is 22.8. The molecule has 0 saturated carbocycles. The van der Waals surface area contributed by atoms with Crippen molar-refractivity contribution in [3.05, 3.63) is 126 Å². The zero-order valence-electron chi connectivity index (χ0n) is 18.0. The Bertz CT molecular complexity index is 1300. The van der Waals surface area contributed by atoms with Crippen molar-refractivity contribution in [1.82, 2.24) is 0 Å². The third kappa shape index (κ3) is 3.86. The maximum Gasteiger partial charge on any atom is 0.264 e. The van der Waals surface area contributed by atoms with Crippen molar-refractivity contribution in [2.45, 2.75) is 18.6 Å². The Kier molecular flexibility index (Phi) is 5.37. The largest absolute Gasteiger partial charge is 0.375 e. The molecule has 0 aromatic heterocycles. The lowest BCUT2D eigenvalue weighted by molar-refractivity contribution is -0.136. The maximum atomic E-state index is 13.4. The van der Waals surface area contributed by atoms with Crippen LogP contribution in [0.2, 0.25) is 0 Å². The van der Waals surface area contributed by atoms with E-state index in [0.29, 0.717) is 23.4 Å².